The Morgan fingerprint density at radius 3 is 2.82 bits per heavy atom. The van der Waals surface area contributed by atoms with E-state index in [1.807, 2.05) is 49.2 Å². The maximum absolute atomic E-state index is 6.12. The first-order valence-electron chi connectivity index (χ1n) is 9.15. The molecule has 1 aliphatic rings. The molecule has 28 heavy (non-hydrogen) atoms. The molecule has 0 bridgehead atoms. The van der Waals surface area contributed by atoms with E-state index in [0.717, 1.165) is 58.6 Å². The summed E-state index contributed by atoms with van der Waals surface area (Å²) in [5.41, 5.74) is 9.83. The van der Waals surface area contributed by atoms with Gasteiger partial charge in [-0.3, -0.25) is 4.68 Å². The monoisotopic (exact) mass is 395 g/mol. The minimum absolute atomic E-state index is 0.182. The molecule has 1 fully saturated rings. The Hall–Kier alpha value is -2.98. The molecule has 0 aromatic carbocycles. The number of fused-ring (bicyclic) bond motifs is 1. The summed E-state index contributed by atoms with van der Waals surface area (Å²) in [6.45, 7) is 3.69. The maximum Gasteiger partial charge on any atom is 0.167 e. The van der Waals surface area contributed by atoms with Crippen molar-refractivity contribution in [3.63, 3.8) is 0 Å². The van der Waals surface area contributed by atoms with Crippen molar-refractivity contribution in [2.75, 3.05) is 23.3 Å². The van der Waals surface area contributed by atoms with Gasteiger partial charge in [-0.1, -0.05) is 0 Å². The lowest BCUT2D eigenvalue weighted by molar-refractivity contribution is 0.751. The van der Waals surface area contributed by atoms with Crippen LogP contribution in [0.15, 0.2) is 30.7 Å². The molecule has 144 valence electrons. The summed E-state index contributed by atoms with van der Waals surface area (Å²) in [6.07, 6.45) is 6.61. The Bertz CT molecular complexity index is 1140. The van der Waals surface area contributed by atoms with E-state index in [1.165, 1.54) is 11.5 Å². The minimum atomic E-state index is 0.182. The molecule has 3 N–H and O–H groups in total. The van der Waals surface area contributed by atoms with Crippen LogP contribution in [0.3, 0.4) is 0 Å². The first-order chi connectivity index (χ1) is 13.6. The van der Waals surface area contributed by atoms with Crippen molar-refractivity contribution in [2.45, 2.75) is 19.4 Å². The topological polar surface area (TPSA) is 102 Å². The number of rotatable bonds is 4. The summed E-state index contributed by atoms with van der Waals surface area (Å²) in [5, 5.41) is 13.3. The van der Waals surface area contributed by atoms with E-state index < -0.39 is 0 Å². The van der Waals surface area contributed by atoms with E-state index in [9.17, 15) is 0 Å². The third kappa shape index (κ3) is 3.00. The maximum atomic E-state index is 6.12. The summed E-state index contributed by atoms with van der Waals surface area (Å²) in [5.74, 6) is 1.74. The Kier molecular flexibility index (Phi) is 4.02. The normalized spacial score (nSPS) is 17.0. The summed E-state index contributed by atoms with van der Waals surface area (Å²) in [4.78, 5) is 7.16. The largest absolute Gasteiger partial charge is 0.355 e. The molecule has 4 aromatic heterocycles. The quantitative estimate of drug-likeness (QED) is 0.546. The molecule has 1 atom stereocenters. The number of anilines is 3. The second-order valence-electron chi connectivity index (χ2n) is 7.15. The highest BCUT2D eigenvalue weighted by atomic mass is 32.1. The van der Waals surface area contributed by atoms with Gasteiger partial charge in [0.15, 0.2) is 5.65 Å². The number of hydrogen-bond acceptors (Lipinski definition) is 8. The predicted molar refractivity (Wildman–Crippen MR) is 110 cm³/mol. The van der Waals surface area contributed by atoms with Gasteiger partial charge in [-0.15, -0.1) is 0 Å². The van der Waals surface area contributed by atoms with Crippen molar-refractivity contribution in [1.29, 1.82) is 0 Å². The second-order valence-corrected chi connectivity index (χ2v) is 7.95. The lowest BCUT2D eigenvalue weighted by Gasteiger charge is -2.18. The van der Waals surface area contributed by atoms with Crippen molar-refractivity contribution in [1.82, 2.24) is 28.8 Å². The van der Waals surface area contributed by atoms with Gasteiger partial charge in [0, 0.05) is 49.6 Å². The third-order valence-electron chi connectivity index (χ3n) is 4.90. The SMILES string of the molecule is Cc1cc(Nc2cc(N3CCC(N)C3)nc3c(-c4cnn(C)c4)cnn23)sn1. The predicted octanol–water partition coefficient (Wildman–Crippen LogP) is 2.18. The van der Waals surface area contributed by atoms with Crippen LogP contribution in [0.4, 0.5) is 16.6 Å². The summed E-state index contributed by atoms with van der Waals surface area (Å²) in [6, 6.07) is 4.23. The van der Waals surface area contributed by atoms with Crippen LogP contribution in [0.5, 0.6) is 0 Å². The average molecular weight is 395 g/mol. The van der Waals surface area contributed by atoms with Gasteiger partial charge < -0.3 is 16.0 Å². The molecule has 5 heterocycles. The Balaban J connectivity index is 1.65. The van der Waals surface area contributed by atoms with E-state index in [0.29, 0.717) is 0 Å². The van der Waals surface area contributed by atoms with E-state index in [-0.39, 0.29) is 6.04 Å². The van der Waals surface area contributed by atoms with Gasteiger partial charge in [-0.05, 0) is 30.9 Å². The molecular weight excluding hydrogens is 374 g/mol. The van der Waals surface area contributed by atoms with Gasteiger partial charge in [-0.25, -0.2) is 4.98 Å². The molecule has 0 spiro atoms. The smallest absolute Gasteiger partial charge is 0.167 e. The van der Waals surface area contributed by atoms with Crippen LogP contribution in [0.1, 0.15) is 12.1 Å². The molecule has 0 radical (unpaired) electrons. The fraction of sp³-hybridized carbons (Fsp3) is 0.333. The van der Waals surface area contributed by atoms with Crippen LogP contribution in [0.2, 0.25) is 0 Å². The Morgan fingerprint density at radius 2 is 2.14 bits per heavy atom. The van der Waals surface area contributed by atoms with Crippen molar-refractivity contribution in [3.05, 3.63) is 36.4 Å². The van der Waals surface area contributed by atoms with E-state index in [2.05, 4.69) is 24.8 Å². The van der Waals surface area contributed by atoms with Gasteiger partial charge in [0.05, 0.1) is 18.1 Å². The zero-order valence-corrected chi connectivity index (χ0v) is 16.5. The van der Waals surface area contributed by atoms with Gasteiger partial charge in [0.2, 0.25) is 0 Å². The molecule has 0 amide bonds. The van der Waals surface area contributed by atoms with Crippen LogP contribution in [0, 0.1) is 6.92 Å². The molecule has 5 rings (SSSR count). The van der Waals surface area contributed by atoms with Crippen LogP contribution < -0.4 is 16.0 Å². The lowest BCUT2D eigenvalue weighted by atomic mass is 10.2. The molecule has 9 nitrogen and oxygen atoms in total. The zero-order chi connectivity index (χ0) is 19.3. The highest BCUT2D eigenvalue weighted by Gasteiger charge is 2.23. The summed E-state index contributed by atoms with van der Waals surface area (Å²) < 4.78 is 7.96. The van der Waals surface area contributed by atoms with Crippen molar-refractivity contribution in [3.8, 4) is 11.1 Å². The van der Waals surface area contributed by atoms with E-state index >= 15 is 0 Å². The average Bonchev–Trinajstić information content (AvgIpc) is 3.43. The highest BCUT2D eigenvalue weighted by Crippen LogP contribution is 2.31. The number of hydrogen-bond donors (Lipinski definition) is 2. The van der Waals surface area contributed by atoms with Crippen LogP contribution in [0.25, 0.3) is 16.8 Å². The first-order valence-corrected chi connectivity index (χ1v) is 9.93. The van der Waals surface area contributed by atoms with Crippen molar-refractivity contribution < 1.29 is 0 Å². The van der Waals surface area contributed by atoms with E-state index in [1.54, 1.807) is 4.68 Å². The van der Waals surface area contributed by atoms with Gasteiger partial charge >= 0.3 is 0 Å². The van der Waals surface area contributed by atoms with Gasteiger partial charge in [0.25, 0.3) is 0 Å². The Morgan fingerprint density at radius 1 is 1.25 bits per heavy atom. The molecule has 1 unspecified atom stereocenters. The van der Waals surface area contributed by atoms with Gasteiger partial charge in [0.1, 0.15) is 16.6 Å². The number of aromatic nitrogens is 6. The standard InChI is InChI=1S/C18H21N9S/c1-11-5-17(28-24-11)22-16-6-15(26-4-3-13(19)10-26)23-18-14(8-21-27(16)18)12-7-20-25(2)9-12/h5-9,13,22H,3-4,10,19H2,1-2H3. The first kappa shape index (κ1) is 17.1. The van der Waals surface area contributed by atoms with Gasteiger partial charge in [-0.2, -0.15) is 19.1 Å². The third-order valence-corrected chi connectivity index (χ3v) is 5.70. The van der Waals surface area contributed by atoms with Crippen LogP contribution in [-0.4, -0.2) is 47.9 Å². The molecule has 0 saturated carbocycles. The van der Waals surface area contributed by atoms with Crippen LogP contribution in [-0.2, 0) is 7.05 Å². The number of nitrogens with one attached hydrogen (secondary N) is 1. The fourth-order valence-corrected chi connectivity index (χ4v) is 4.18. The highest BCUT2D eigenvalue weighted by molar-refractivity contribution is 7.10. The summed E-state index contributed by atoms with van der Waals surface area (Å²) in [7, 11) is 1.90. The Labute approximate surface area is 166 Å². The van der Waals surface area contributed by atoms with Crippen molar-refractivity contribution >= 4 is 33.8 Å². The molecule has 4 aromatic rings. The van der Waals surface area contributed by atoms with E-state index in [4.69, 9.17) is 10.7 Å². The fourth-order valence-electron chi connectivity index (χ4n) is 3.51. The molecule has 1 aliphatic heterocycles. The minimum Gasteiger partial charge on any atom is -0.355 e. The summed E-state index contributed by atoms with van der Waals surface area (Å²) >= 11 is 1.43. The van der Waals surface area contributed by atoms with Crippen molar-refractivity contribution in [2.24, 2.45) is 12.8 Å². The molecular formula is C18H21N9S. The van der Waals surface area contributed by atoms with Crippen LogP contribution >= 0.6 is 11.5 Å². The number of nitrogens with zero attached hydrogens (tertiary/aromatic N) is 7. The zero-order valence-electron chi connectivity index (χ0n) is 15.7. The molecule has 10 heteroatoms. The second kappa shape index (κ2) is 6.57. The lowest BCUT2D eigenvalue weighted by Crippen LogP contribution is -2.27. The number of nitrogens with two attached hydrogens (primary N) is 1. The molecule has 1 saturated heterocycles. The molecule has 0 aliphatic carbocycles. The number of aryl methyl sites for hydroxylation is 2.